The number of hydrogen-bond acceptors (Lipinski definition) is 4. The van der Waals surface area contributed by atoms with Crippen LogP contribution in [0, 0.1) is 6.92 Å². The van der Waals surface area contributed by atoms with Gasteiger partial charge in [0.2, 0.25) is 0 Å². The smallest absolute Gasteiger partial charge is 0.323 e. The Morgan fingerprint density at radius 2 is 2.25 bits per heavy atom. The van der Waals surface area contributed by atoms with E-state index < -0.39 is 0 Å². The standard InChI is InChI=1S/C12H19NO3/c1-5-15-12(14)10(3)13(4)8-11-7-6-9(2)16-11/h6-7,10H,5,8H2,1-4H3. The number of carbonyl (C=O) groups excluding carboxylic acids is 1. The van der Waals surface area contributed by atoms with Gasteiger partial charge in [0.25, 0.3) is 0 Å². The Morgan fingerprint density at radius 3 is 2.75 bits per heavy atom. The summed E-state index contributed by atoms with van der Waals surface area (Å²) >= 11 is 0. The van der Waals surface area contributed by atoms with E-state index in [2.05, 4.69) is 0 Å². The molecule has 0 aliphatic carbocycles. The van der Waals surface area contributed by atoms with Crippen LogP contribution in [-0.2, 0) is 16.1 Å². The maximum Gasteiger partial charge on any atom is 0.323 e. The summed E-state index contributed by atoms with van der Waals surface area (Å²) in [5.74, 6) is 1.54. The first-order valence-corrected chi connectivity index (χ1v) is 5.46. The summed E-state index contributed by atoms with van der Waals surface area (Å²) in [5, 5.41) is 0. The number of esters is 1. The molecule has 4 nitrogen and oxygen atoms in total. The second-order valence-corrected chi connectivity index (χ2v) is 3.86. The molecule has 0 radical (unpaired) electrons. The lowest BCUT2D eigenvalue weighted by Crippen LogP contribution is -2.36. The van der Waals surface area contributed by atoms with Gasteiger partial charge in [-0.1, -0.05) is 0 Å². The van der Waals surface area contributed by atoms with Crippen LogP contribution < -0.4 is 0 Å². The number of ether oxygens (including phenoxy) is 1. The van der Waals surface area contributed by atoms with Crippen molar-refractivity contribution in [1.82, 2.24) is 4.90 Å². The Bertz CT molecular complexity index is 346. The van der Waals surface area contributed by atoms with Gasteiger partial charge in [0.1, 0.15) is 17.6 Å². The first-order chi connectivity index (χ1) is 7.54. The summed E-state index contributed by atoms with van der Waals surface area (Å²) in [6.45, 7) is 6.55. The maximum atomic E-state index is 11.5. The molecular weight excluding hydrogens is 206 g/mol. The van der Waals surface area contributed by atoms with Gasteiger partial charge in [0, 0.05) is 0 Å². The van der Waals surface area contributed by atoms with E-state index in [-0.39, 0.29) is 12.0 Å². The zero-order valence-corrected chi connectivity index (χ0v) is 10.3. The van der Waals surface area contributed by atoms with Crippen LogP contribution >= 0.6 is 0 Å². The number of rotatable bonds is 5. The molecule has 0 amide bonds. The highest BCUT2D eigenvalue weighted by atomic mass is 16.5. The highest BCUT2D eigenvalue weighted by Crippen LogP contribution is 2.10. The van der Waals surface area contributed by atoms with Crippen LogP contribution in [0.2, 0.25) is 0 Å². The van der Waals surface area contributed by atoms with Crippen LogP contribution in [0.4, 0.5) is 0 Å². The SMILES string of the molecule is CCOC(=O)C(C)N(C)Cc1ccc(C)o1. The van der Waals surface area contributed by atoms with Crippen molar-refractivity contribution >= 4 is 5.97 Å². The number of nitrogens with zero attached hydrogens (tertiary/aromatic N) is 1. The second kappa shape index (κ2) is 5.70. The second-order valence-electron chi connectivity index (χ2n) is 3.86. The van der Waals surface area contributed by atoms with Crippen LogP contribution in [0.3, 0.4) is 0 Å². The van der Waals surface area contributed by atoms with Crippen molar-refractivity contribution in [1.29, 1.82) is 0 Å². The summed E-state index contributed by atoms with van der Waals surface area (Å²) in [4.78, 5) is 13.4. The van der Waals surface area contributed by atoms with Gasteiger partial charge in [0.05, 0.1) is 13.2 Å². The third-order valence-corrected chi connectivity index (χ3v) is 2.49. The molecule has 0 aliphatic heterocycles. The van der Waals surface area contributed by atoms with E-state index in [0.29, 0.717) is 13.2 Å². The lowest BCUT2D eigenvalue weighted by atomic mass is 10.3. The Balaban J connectivity index is 2.51. The number of furan rings is 1. The largest absolute Gasteiger partial charge is 0.465 e. The molecule has 1 unspecified atom stereocenters. The van der Waals surface area contributed by atoms with Crippen molar-refractivity contribution in [3.05, 3.63) is 23.7 Å². The third kappa shape index (κ3) is 3.38. The molecule has 0 aromatic carbocycles. The average Bonchev–Trinajstić information content (AvgIpc) is 2.63. The molecule has 1 aromatic heterocycles. The van der Waals surface area contributed by atoms with Crippen molar-refractivity contribution in [2.24, 2.45) is 0 Å². The van der Waals surface area contributed by atoms with E-state index in [1.807, 2.05) is 37.9 Å². The maximum absolute atomic E-state index is 11.5. The van der Waals surface area contributed by atoms with Gasteiger partial charge in [0.15, 0.2) is 0 Å². The molecule has 0 N–H and O–H groups in total. The normalized spacial score (nSPS) is 12.8. The highest BCUT2D eigenvalue weighted by Gasteiger charge is 2.19. The summed E-state index contributed by atoms with van der Waals surface area (Å²) in [6, 6.07) is 3.58. The first-order valence-electron chi connectivity index (χ1n) is 5.46. The summed E-state index contributed by atoms with van der Waals surface area (Å²) < 4.78 is 10.4. The van der Waals surface area contributed by atoms with Crippen molar-refractivity contribution in [2.75, 3.05) is 13.7 Å². The lowest BCUT2D eigenvalue weighted by Gasteiger charge is -2.21. The molecule has 0 spiro atoms. The summed E-state index contributed by atoms with van der Waals surface area (Å²) in [7, 11) is 1.87. The minimum atomic E-state index is -0.259. The fourth-order valence-corrected chi connectivity index (χ4v) is 1.40. The van der Waals surface area contributed by atoms with Crippen LogP contribution in [0.15, 0.2) is 16.5 Å². The summed E-state index contributed by atoms with van der Waals surface area (Å²) in [6.07, 6.45) is 0. The summed E-state index contributed by atoms with van der Waals surface area (Å²) in [5.41, 5.74) is 0. The average molecular weight is 225 g/mol. The number of aryl methyl sites for hydroxylation is 1. The molecule has 0 saturated carbocycles. The zero-order valence-electron chi connectivity index (χ0n) is 10.3. The fraction of sp³-hybridized carbons (Fsp3) is 0.583. The Kier molecular flexibility index (Phi) is 4.55. The van der Waals surface area contributed by atoms with Gasteiger partial charge < -0.3 is 9.15 Å². The van der Waals surface area contributed by atoms with E-state index in [1.54, 1.807) is 6.92 Å². The van der Waals surface area contributed by atoms with Gasteiger partial charge >= 0.3 is 5.97 Å². The molecule has 0 bridgehead atoms. The Hall–Kier alpha value is -1.29. The van der Waals surface area contributed by atoms with Gasteiger partial charge in [-0.2, -0.15) is 0 Å². The minimum Gasteiger partial charge on any atom is -0.465 e. The van der Waals surface area contributed by atoms with Crippen molar-refractivity contribution in [3.63, 3.8) is 0 Å². The molecular formula is C12H19NO3. The molecule has 0 aliphatic rings. The number of carbonyl (C=O) groups is 1. The molecule has 90 valence electrons. The van der Waals surface area contributed by atoms with E-state index >= 15 is 0 Å². The molecule has 1 aromatic rings. The Labute approximate surface area is 96.2 Å². The molecule has 1 rings (SSSR count). The topological polar surface area (TPSA) is 42.7 Å². The Morgan fingerprint density at radius 1 is 1.56 bits per heavy atom. The molecule has 0 saturated heterocycles. The quantitative estimate of drug-likeness (QED) is 0.718. The highest BCUT2D eigenvalue weighted by molar-refractivity contribution is 5.75. The molecule has 1 heterocycles. The number of hydrogen-bond donors (Lipinski definition) is 0. The third-order valence-electron chi connectivity index (χ3n) is 2.49. The predicted molar refractivity (Wildman–Crippen MR) is 61.0 cm³/mol. The van der Waals surface area contributed by atoms with Gasteiger partial charge in [-0.3, -0.25) is 9.69 Å². The number of likely N-dealkylation sites (N-methyl/N-ethyl adjacent to an activating group) is 1. The molecule has 1 atom stereocenters. The minimum absolute atomic E-state index is 0.201. The fourth-order valence-electron chi connectivity index (χ4n) is 1.40. The van der Waals surface area contributed by atoms with Crippen molar-refractivity contribution < 1.29 is 13.9 Å². The van der Waals surface area contributed by atoms with Gasteiger partial charge in [-0.15, -0.1) is 0 Å². The monoisotopic (exact) mass is 225 g/mol. The first kappa shape index (κ1) is 12.8. The van der Waals surface area contributed by atoms with Crippen molar-refractivity contribution in [2.45, 2.75) is 33.4 Å². The van der Waals surface area contributed by atoms with Gasteiger partial charge in [-0.25, -0.2) is 0 Å². The van der Waals surface area contributed by atoms with Crippen molar-refractivity contribution in [3.8, 4) is 0 Å². The van der Waals surface area contributed by atoms with E-state index in [1.165, 1.54) is 0 Å². The van der Waals surface area contributed by atoms with E-state index in [9.17, 15) is 4.79 Å². The zero-order chi connectivity index (χ0) is 12.1. The molecule has 0 fully saturated rings. The predicted octanol–water partition coefficient (Wildman–Crippen LogP) is 1.97. The van der Waals surface area contributed by atoms with Crippen LogP contribution in [0.5, 0.6) is 0 Å². The van der Waals surface area contributed by atoms with Crippen LogP contribution in [0.25, 0.3) is 0 Å². The van der Waals surface area contributed by atoms with E-state index in [0.717, 1.165) is 11.5 Å². The lowest BCUT2D eigenvalue weighted by molar-refractivity contribution is -0.148. The van der Waals surface area contributed by atoms with Gasteiger partial charge in [-0.05, 0) is 40.0 Å². The molecule has 16 heavy (non-hydrogen) atoms. The molecule has 4 heteroatoms. The van der Waals surface area contributed by atoms with Crippen LogP contribution in [0.1, 0.15) is 25.4 Å². The van der Waals surface area contributed by atoms with E-state index in [4.69, 9.17) is 9.15 Å². The van der Waals surface area contributed by atoms with Crippen LogP contribution in [-0.4, -0.2) is 30.6 Å².